The van der Waals surface area contributed by atoms with Gasteiger partial charge >= 0.3 is 0 Å². The SMILES string of the molecule is CC(C)C(=O)N/N=C/c1ccc(OCc2ccc(Br)cc2)cc1. The lowest BCUT2D eigenvalue weighted by Crippen LogP contribution is -2.22. The molecule has 0 aliphatic carbocycles. The van der Waals surface area contributed by atoms with Crippen LogP contribution in [0, 0.1) is 5.92 Å². The molecule has 0 aromatic heterocycles. The van der Waals surface area contributed by atoms with E-state index in [2.05, 4.69) is 26.5 Å². The molecular formula is C18H19BrN2O2. The van der Waals surface area contributed by atoms with Gasteiger partial charge in [-0.3, -0.25) is 4.79 Å². The van der Waals surface area contributed by atoms with Gasteiger partial charge < -0.3 is 4.74 Å². The number of hydrazone groups is 1. The zero-order valence-corrected chi connectivity index (χ0v) is 14.7. The van der Waals surface area contributed by atoms with Crippen LogP contribution >= 0.6 is 15.9 Å². The average Bonchev–Trinajstić information content (AvgIpc) is 2.55. The number of nitrogens with one attached hydrogen (secondary N) is 1. The van der Waals surface area contributed by atoms with E-state index < -0.39 is 0 Å². The first-order valence-electron chi connectivity index (χ1n) is 7.35. The van der Waals surface area contributed by atoms with Crippen LogP contribution in [-0.2, 0) is 11.4 Å². The number of nitrogens with zero attached hydrogens (tertiary/aromatic N) is 1. The van der Waals surface area contributed by atoms with Gasteiger partial charge in [0, 0.05) is 10.4 Å². The topological polar surface area (TPSA) is 50.7 Å². The van der Waals surface area contributed by atoms with Crippen LogP contribution in [0.5, 0.6) is 5.75 Å². The number of benzene rings is 2. The fourth-order valence-electron chi connectivity index (χ4n) is 1.70. The summed E-state index contributed by atoms with van der Waals surface area (Å²) in [6.45, 7) is 4.16. The molecular weight excluding hydrogens is 356 g/mol. The first kappa shape index (κ1) is 17.2. The van der Waals surface area contributed by atoms with Crippen molar-refractivity contribution >= 4 is 28.1 Å². The van der Waals surface area contributed by atoms with Gasteiger partial charge in [0.25, 0.3) is 0 Å². The van der Waals surface area contributed by atoms with Gasteiger partial charge in [0.1, 0.15) is 12.4 Å². The van der Waals surface area contributed by atoms with Crippen LogP contribution in [-0.4, -0.2) is 12.1 Å². The quantitative estimate of drug-likeness (QED) is 0.610. The maximum atomic E-state index is 11.4. The van der Waals surface area contributed by atoms with Crippen LogP contribution in [0.1, 0.15) is 25.0 Å². The van der Waals surface area contributed by atoms with Crippen molar-refractivity contribution < 1.29 is 9.53 Å². The van der Waals surface area contributed by atoms with Gasteiger partial charge in [0.2, 0.25) is 5.91 Å². The van der Waals surface area contributed by atoms with Crippen molar-refractivity contribution in [2.45, 2.75) is 20.5 Å². The third-order valence-electron chi connectivity index (χ3n) is 3.11. The van der Waals surface area contributed by atoms with Crippen molar-refractivity contribution in [1.82, 2.24) is 5.43 Å². The molecule has 5 heteroatoms. The largest absolute Gasteiger partial charge is 0.489 e. The van der Waals surface area contributed by atoms with Gasteiger partial charge in [0.15, 0.2) is 0 Å². The number of halogens is 1. The second-order valence-electron chi connectivity index (χ2n) is 5.37. The molecule has 120 valence electrons. The molecule has 0 heterocycles. The van der Waals surface area contributed by atoms with Crippen LogP contribution < -0.4 is 10.2 Å². The van der Waals surface area contributed by atoms with E-state index in [1.54, 1.807) is 6.21 Å². The summed E-state index contributed by atoms with van der Waals surface area (Å²) in [4.78, 5) is 11.4. The van der Waals surface area contributed by atoms with Crippen molar-refractivity contribution in [1.29, 1.82) is 0 Å². The number of hydrogen-bond donors (Lipinski definition) is 1. The van der Waals surface area contributed by atoms with E-state index in [1.807, 2.05) is 62.4 Å². The monoisotopic (exact) mass is 374 g/mol. The lowest BCUT2D eigenvalue weighted by Gasteiger charge is -2.06. The fraction of sp³-hybridized carbons (Fsp3) is 0.222. The number of hydrogen-bond acceptors (Lipinski definition) is 3. The molecule has 2 rings (SSSR count). The number of carbonyl (C=O) groups is 1. The summed E-state index contributed by atoms with van der Waals surface area (Å²) in [6.07, 6.45) is 1.61. The lowest BCUT2D eigenvalue weighted by molar-refractivity contribution is -0.123. The van der Waals surface area contributed by atoms with Crippen molar-refractivity contribution in [3.05, 3.63) is 64.1 Å². The molecule has 0 atom stereocenters. The van der Waals surface area contributed by atoms with Gasteiger partial charge in [-0.05, 0) is 47.5 Å². The van der Waals surface area contributed by atoms with Crippen LogP contribution in [0.25, 0.3) is 0 Å². The predicted molar refractivity (Wildman–Crippen MR) is 95.5 cm³/mol. The van der Waals surface area contributed by atoms with Crippen LogP contribution in [0.3, 0.4) is 0 Å². The molecule has 0 bridgehead atoms. The van der Waals surface area contributed by atoms with Crippen LogP contribution in [0.4, 0.5) is 0 Å². The molecule has 0 aliphatic heterocycles. The van der Waals surface area contributed by atoms with Crippen molar-refractivity contribution in [3.63, 3.8) is 0 Å². The van der Waals surface area contributed by atoms with Gasteiger partial charge in [-0.1, -0.05) is 41.9 Å². The molecule has 1 N–H and O–H groups in total. The van der Waals surface area contributed by atoms with E-state index in [0.717, 1.165) is 21.3 Å². The Morgan fingerprint density at radius 1 is 1.17 bits per heavy atom. The molecule has 4 nitrogen and oxygen atoms in total. The van der Waals surface area contributed by atoms with Crippen LogP contribution in [0.2, 0.25) is 0 Å². The lowest BCUT2D eigenvalue weighted by atomic mass is 10.2. The van der Waals surface area contributed by atoms with Gasteiger partial charge in [0.05, 0.1) is 6.21 Å². The first-order valence-corrected chi connectivity index (χ1v) is 8.14. The molecule has 0 radical (unpaired) electrons. The Morgan fingerprint density at radius 3 is 2.43 bits per heavy atom. The smallest absolute Gasteiger partial charge is 0.242 e. The van der Waals surface area contributed by atoms with E-state index in [0.29, 0.717) is 6.61 Å². The highest BCUT2D eigenvalue weighted by molar-refractivity contribution is 9.10. The summed E-state index contributed by atoms with van der Waals surface area (Å²) in [6, 6.07) is 15.6. The Labute approximate surface area is 144 Å². The summed E-state index contributed by atoms with van der Waals surface area (Å²) in [5.41, 5.74) is 4.49. The number of ether oxygens (including phenoxy) is 1. The first-order chi connectivity index (χ1) is 11.0. The second-order valence-corrected chi connectivity index (χ2v) is 6.29. The number of amides is 1. The minimum atomic E-state index is -0.101. The minimum absolute atomic E-state index is 0.0819. The Bertz CT molecular complexity index is 664. The molecule has 0 fully saturated rings. The molecule has 0 saturated carbocycles. The van der Waals surface area contributed by atoms with Gasteiger partial charge in [-0.25, -0.2) is 5.43 Å². The Hall–Kier alpha value is -2.14. The zero-order chi connectivity index (χ0) is 16.7. The van der Waals surface area contributed by atoms with E-state index >= 15 is 0 Å². The van der Waals surface area contributed by atoms with E-state index in [1.165, 1.54) is 0 Å². The van der Waals surface area contributed by atoms with Crippen molar-refractivity contribution in [2.24, 2.45) is 11.0 Å². The maximum absolute atomic E-state index is 11.4. The summed E-state index contributed by atoms with van der Waals surface area (Å²) in [7, 11) is 0. The van der Waals surface area contributed by atoms with Crippen LogP contribution in [0.15, 0.2) is 58.1 Å². The Morgan fingerprint density at radius 2 is 1.83 bits per heavy atom. The predicted octanol–water partition coefficient (Wildman–Crippen LogP) is 4.13. The van der Waals surface area contributed by atoms with E-state index in [4.69, 9.17) is 4.74 Å². The second kappa shape index (κ2) is 8.48. The van der Waals surface area contributed by atoms with Gasteiger partial charge in [-0.2, -0.15) is 5.10 Å². The van der Waals surface area contributed by atoms with E-state index in [9.17, 15) is 4.79 Å². The third kappa shape index (κ3) is 5.87. The summed E-state index contributed by atoms with van der Waals surface area (Å²) in [5, 5.41) is 3.92. The highest BCUT2D eigenvalue weighted by Crippen LogP contribution is 2.15. The normalized spacial score (nSPS) is 11.0. The number of carbonyl (C=O) groups excluding carboxylic acids is 1. The highest BCUT2D eigenvalue weighted by Gasteiger charge is 2.03. The average molecular weight is 375 g/mol. The third-order valence-corrected chi connectivity index (χ3v) is 3.64. The molecule has 0 spiro atoms. The maximum Gasteiger partial charge on any atom is 0.242 e. The minimum Gasteiger partial charge on any atom is -0.489 e. The summed E-state index contributed by atoms with van der Waals surface area (Å²) < 4.78 is 6.78. The Balaban J connectivity index is 1.85. The molecule has 0 saturated heterocycles. The van der Waals surface area contributed by atoms with Crippen molar-refractivity contribution in [3.8, 4) is 5.75 Å². The molecule has 1 amide bonds. The Kier molecular flexibility index (Phi) is 6.35. The van der Waals surface area contributed by atoms with E-state index in [-0.39, 0.29) is 11.8 Å². The number of rotatable bonds is 6. The molecule has 2 aromatic rings. The standard InChI is InChI=1S/C18H19BrN2O2/c1-13(2)18(22)21-20-11-14-5-9-17(10-6-14)23-12-15-3-7-16(19)8-4-15/h3-11,13H,12H2,1-2H3,(H,21,22)/b20-11+. The molecule has 0 unspecified atom stereocenters. The van der Waals surface area contributed by atoms with Gasteiger partial charge in [-0.15, -0.1) is 0 Å². The summed E-state index contributed by atoms with van der Waals surface area (Å²) in [5.74, 6) is 0.605. The highest BCUT2D eigenvalue weighted by atomic mass is 79.9. The molecule has 0 aliphatic rings. The molecule has 2 aromatic carbocycles. The fourth-order valence-corrected chi connectivity index (χ4v) is 1.96. The summed E-state index contributed by atoms with van der Waals surface area (Å²) >= 11 is 3.41. The van der Waals surface area contributed by atoms with Crippen molar-refractivity contribution in [2.75, 3.05) is 0 Å². The zero-order valence-electron chi connectivity index (χ0n) is 13.1. The molecule has 23 heavy (non-hydrogen) atoms.